The van der Waals surface area contributed by atoms with Crippen LogP contribution in [0, 0.1) is 45.8 Å². The summed E-state index contributed by atoms with van der Waals surface area (Å²) < 4.78 is 50.2. The summed E-state index contributed by atoms with van der Waals surface area (Å²) in [6.45, 7) is 8.00. The molecule has 5 rings (SSSR count). The number of carbonyl (C=O) groups excluding carboxylic acids is 4. The Bertz CT molecular complexity index is 1580. The maximum absolute atomic E-state index is 17.7. The molecule has 0 spiro atoms. The van der Waals surface area contributed by atoms with Crippen LogP contribution in [-0.2, 0) is 23.9 Å². The molecule has 3 saturated carbocycles. The first-order valence-electron chi connectivity index (χ1n) is 15.6. The van der Waals surface area contributed by atoms with Crippen LogP contribution in [0.3, 0.4) is 0 Å². The van der Waals surface area contributed by atoms with Crippen molar-refractivity contribution in [2.75, 3.05) is 18.2 Å². The number of ether oxygens (including phenoxy) is 2. The predicted molar refractivity (Wildman–Crippen MR) is 171 cm³/mol. The van der Waals surface area contributed by atoms with Crippen LogP contribution in [0.1, 0.15) is 64.4 Å². The van der Waals surface area contributed by atoms with Crippen molar-refractivity contribution < 1.29 is 47.0 Å². The Morgan fingerprint density at radius 2 is 1.94 bits per heavy atom. The quantitative estimate of drug-likeness (QED) is 0.214. The van der Waals surface area contributed by atoms with E-state index in [0.29, 0.717) is 0 Å². The fourth-order valence-corrected chi connectivity index (χ4v) is 9.58. The number of hydrogen-bond donors (Lipinski definition) is 1. The summed E-state index contributed by atoms with van der Waals surface area (Å²) in [6, 6.07) is 2.90. The number of fused-ring (bicyclic) bond motifs is 5. The third-order valence-electron chi connectivity index (χ3n) is 11.0. The summed E-state index contributed by atoms with van der Waals surface area (Å²) in [5, 5.41) is 11.2. The predicted octanol–water partition coefficient (Wildman–Crippen LogP) is 5.81. The Labute approximate surface area is 282 Å². The fraction of sp³-hybridized carbons (Fsp3) is 0.600. The van der Waals surface area contributed by atoms with Gasteiger partial charge < -0.3 is 19.0 Å². The summed E-state index contributed by atoms with van der Waals surface area (Å²) in [7, 11) is 0. The molecule has 1 aromatic heterocycles. The second-order valence-electron chi connectivity index (χ2n) is 14.1. The second-order valence-corrected chi connectivity index (χ2v) is 15.3. The maximum atomic E-state index is 17.7. The zero-order chi connectivity index (χ0) is 34.6. The van der Waals surface area contributed by atoms with Crippen LogP contribution in [0.25, 0.3) is 0 Å². The molecule has 1 N–H and O–H groups in total. The average molecular weight is 693 g/mol. The summed E-state index contributed by atoms with van der Waals surface area (Å²) in [6.07, 6.45) is 1.25. The number of esters is 2. The number of halogens is 3. The molecule has 0 bridgehead atoms. The SMILES string of the molecule is C[C@@H]1C[C@H]2[C@@H]3C[C@H](F)C4=CC(=O)C=C[C@]4(C)[C@@]3(F)[C@@H](O)C[C@]2(C)[C@@]1(OC(=O)c1ccco1)C(=O)SCC#CCOC(=O)C(C)(C)CCl. The number of carbonyl (C=O) groups is 4. The fourth-order valence-electron chi connectivity index (χ4n) is 8.47. The van der Waals surface area contributed by atoms with Gasteiger partial charge in [-0.15, -0.1) is 11.6 Å². The third kappa shape index (κ3) is 5.39. The van der Waals surface area contributed by atoms with Gasteiger partial charge in [0, 0.05) is 28.5 Å². The van der Waals surface area contributed by atoms with Crippen molar-refractivity contribution in [1.82, 2.24) is 0 Å². The van der Waals surface area contributed by atoms with Crippen molar-refractivity contribution >= 4 is 46.2 Å². The Hall–Kier alpha value is -2.94. The highest BCUT2D eigenvalue weighted by Gasteiger charge is 2.78. The van der Waals surface area contributed by atoms with Crippen molar-refractivity contribution in [2.24, 2.45) is 34.0 Å². The molecule has 1 aromatic rings. The summed E-state index contributed by atoms with van der Waals surface area (Å²) >= 11 is 6.61. The van der Waals surface area contributed by atoms with Gasteiger partial charge in [0.1, 0.15) is 6.17 Å². The van der Waals surface area contributed by atoms with Crippen LogP contribution < -0.4 is 0 Å². The smallest absolute Gasteiger partial charge is 0.375 e. The molecule has 0 aromatic carbocycles. The van der Waals surface area contributed by atoms with Gasteiger partial charge in [-0.3, -0.25) is 14.4 Å². The number of allylic oxidation sites excluding steroid dienone is 4. The third-order valence-corrected chi connectivity index (χ3v) is 12.5. The highest BCUT2D eigenvalue weighted by molar-refractivity contribution is 8.14. The summed E-state index contributed by atoms with van der Waals surface area (Å²) in [4.78, 5) is 52.2. The van der Waals surface area contributed by atoms with E-state index in [1.54, 1.807) is 27.7 Å². The van der Waals surface area contributed by atoms with Crippen molar-refractivity contribution in [2.45, 2.75) is 77.4 Å². The Balaban J connectivity index is 1.47. The molecule has 0 unspecified atom stereocenters. The van der Waals surface area contributed by atoms with Gasteiger partial charge in [-0.25, -0.2) is 13.6 Å². The first kappa shape index (κ1) is 35.4. The molecule has 0 radical (unpaired) electrons. The van der Waals surface area contributed by atoms with E-state index in [1.165, 1.54) is 37.5 Å². The van der Waals surface area contributed by atoms with Gasteiger partial charge in [0.2, 0.25) is 10.9 Å². The minimum atomic E-state index is -2.36. The molecular formula is C35H39ClF2O8S. The minimum absolute atomic E-state index is 0.00457. The molecule has 254 valence electrons. The Kier molecular flexibility index (Phi) is 9.41. The van der Waals surface area contributed by atoms with E-state index in [9.17, 15) is 24.3 Å². The molecule has 0 saturated heterocycles. The lowest BCUT2D eigenvalue weighted by atomic mass is 9.44. The molecule has 12 heteroatoms. The van der Waals surface area contributed by atoms with Crippen LogP contribution in [0.4, 0.5) is 8.78 Å². The molecule has 3 fully saturated rings. The molecule has 4 aliphatic carbocycles. The highest BCUT2D eigenvalue weighted by atomic mass is 35.5. The van der Waals surface area contributed by atoms with Crippen LogP contribution >= 0.6 is 23.4 Å². The maximum Gasteiger partial charge on any atom is 0.375 e. The van der Waals surface area contributed by atoms with Gasteiger partial charge in [0.05, 0.1) is 23.5 Å². The minimum Gasteiger partial charge on any atom is -0.457 e. The Morgan fingerprint density at radius 3 is 2.60 bits per heavy atom. The van der Waals surface area contributed by atoms with Crippen molar-refractivity contribution in [3.8, 4) is 11.8 Å². The number of hydrogen-bond acceptors (Lipinski definition) is 9. The number of thioether (sulfide) groups is 1. The average Bonchev–Trinajstić information content (AvgIpc) is 3.63. The van der Waals surface area contributed by atoms with Crippen LogP contribution in [0.2, 0.25) is 0 Å². The van der Waals surface area contributed by atoms with Crippen molar-refractivity contribution in [1.29, 1.82) is 0 Å². The summed E-state index contributed by atoms with van der Waals surface area (Å²) in [5.74, 6) is 1.10. The molecule has 9 atom stereocenters. The first-order chi connectivity index (χ1) is 22.0. The van der Waals surface area contributed by atoms with E-state index < -0.39 is 80.4 Å². The van der Waals surface area contributed by atoms with Gasteiger partial charge in [-0.2, -0.15) is 0 Å². The van der Waals surface area contributed by atoms with Gasteiger partial charge >= 0.3 is 11.9 Å². The lowest BCUT2D eigenvalue weighted by molar-refractivity contribution is -0.221. The lowest BCUT2D eigenvalue weighted by Crippen LogP contribution is -2.70. The lowest BCUT2D eigenvalue weighted by Gasteiger charge is -2.63. The molecule has 0 amide bonds. The van der Waals surface area contributed by atoms with E-state index >= 15 is 8.78 Å². The highest BCUT2D eigenvalue weighted by Crippen LogP contribution is 2.72. The molecule has 4 aliphatic rings. The van der Waals surface area contributed by atoms with E-state index in [4.69, 9.17) is 25.5 Å². The second kappa shape index (κ2) is 12.5. The molecule has 1 heterocycles. The largest absolute Gasteiger partial charge is 0.457 e. The van der Waals surface area contributed by atoms with Crippen LogP contribution in [-0.4, -0.2) is 69.7 Å². The number of ketones is 1. The van der Waals surface area contributed by atoms with Crippen molar-refractivity contribution in [3.63, 3.8) is 0 Å². The van der Waals surface area contributed by atoms with E-state index in [0.717, 1.165) is 17.8 Å². The standard InChI is InChI=1S/C35H39ClF2O8S/c1-20-15-22-23-17-25(37)24-16-21(39)10-11-32(24,4)34(23,38)27(40)18-33(22,5)35(20,46-28(41)26-9-8-13-44-26)30(43)47-14-7-6-12-45-29(42)31(2,3)19-36/h8-11,13,16,20,22-23,25,27,40H,12,14-15,17-19H2,1-5H3/t20-,22+,23+,25+,27+,32+,33+,34+,35+/m1/s1. The summed E-state index contributed by atoms with van der Waals surface area (Å²) in [5.41, 5.74) is -8.03. The van der Waals surface area contributed by atoms with Gasteiger partial charge in [0.15, 0.2) is 23.7 Å². The zero-order valence-corrected chi connectivity index (χ0v) is 28.5. The van der Waals surface area contributed by atoms with Gasteiger partial charge in [-0.1, -0.05) is 43.5 Å². The number of furan rings is 1. The van der Waals surface area contributed by atoms with Gasteiger partial charge in [0.25, 0.3) is 0 Å². The monoisotopic (exact) mass is 692 g/mol. The van der Waals surface area contributed by atoms with Crippen LogP contribution in [0.5, 0.6) is 0 Å². The Morgan fingerprint density at radius 1 is 1.21 bits per heavy atom. The van der Waals surface area contributed by atoms with E-state index in [-0.39, 0.29) is 48.8 Å². The van der Waals surface area contributed by atoms with Crippen LogP contribution in [0.15, 0.2) is 46.6 Å². The molecular weight excluding hydrogens is 654 g/mol. The first-order valence-corrected chi connectivity index (χ1v) is 17.1. The van der Waals surface area contributed by atoms with Crippen molar-refractivity contribution in [3.05, 3.63) is 48.0 Å². The topological polar surface area (TPSA) is 120 Å². The van der Waals surface area contributed by atoms with Gasteiger partial charge in [-0.05, 0) is 75.8 Å². The number of aliphatic hydroxyl groups is 1. The number of rotatable bonds is 7. The normalized spacial score (nSPS) is 37.4. The van der Waals surface area contributed by atoms with E-state index in [2.05, 4.69) is 11.8 Å². The molecule has 8 nitrogen and oxygen atoms in total. The molecule has 47 heavy (non-hydrogen) atoms. The molecule has 0 aliphatic heterocycles. The zero-order valence-electron chi connectivity index (χ0n) is 26.9. The number of alkyl halides is 3. The number of aliphatic hydroxyl groups excluding tert-OH is 1. The van der Waals surface area contributed by atoms with E-state index in [1.807, 2.05) is 0 Å².